The van der Waals surface area contributed by atoms with Crippen molar-refractivity contribution in [3.8, 4) is 11.5 Å². The van der Waals surface area contributed by atoms with E-state index in [-0.39, 0.29) is 0 Å². The van der Waals surface area contributed by atoms with E-state index in [1.807, 2.05) is 30.3 Å². The third-order valence-electron chi connectivity index (χ3n) is 3.07. The molecule has 0 saturated carbocycles. The van der Waals surface area contributed by atoms with E-state index in [1.54, 1.807) is 14.2 Å². The van der Waals surface area contributed by atoms with Gasteiger partial charge in [-0.1, -0.05) is 22.0 Å². The van der Waals surface area contributed by atoms with Crippen molar-refractivity contribution < 1.29 is 9.47 Å². The largest absolute Gasteiger partial charge is 0.496 e. The van der Waals surface area contributed by atoms with Crippen LogP contribution in [-0.2, 0) is 6.54 Å². The third-order valence-corrected chi connectivity index (χ3v) is 3.56. The molecule has 0 aliphatic heterocycles. The predicted octanol–water partition coefficient (Wildman–Crippen LogP) is 4.39. The first-order valence-corrected chi connectivity index (χ1v) is 7.14. The van der Waals surface area contributed by atoms with Gasteiger partial charge < -0.3 is 14.8 Å². The third kappa shape index (κ3) is 3.45. The van der Waals surface area contributed by atoms with Crippen molar-refractivity contribution in [2.45, 2.75) is 13.5 Å². The number of hydrogen-bond donors (Lipinski definition) is 1. The van der Waals surface area contributed by atoms with Gasteiger partial charge in [-0.3, -0.25) is 0 Å². The van der Waals surface area contributed by atoms with Crippen LogP contribution in [0.2, 0.25) is 0 Å². The first kappa shape index (κ1) is 14.7. The molecule has 0 spiro atoms. The molecule has 3 nitrogen and oxygen atoms in total. The van der Waals surface area contributed by atoms with Crippen molar-refractivity contribution in [2.75, 3.05) is 19.5 Å². The Hall–Kier alpha value is -1.68. The van der Waals surface area contributed by atoms with E-state index in [0.717, 1.165) is 27.2 Å². The molecule has 0 amide bonds. The number of benzene rings is 2. The summed E-state index contributed by atoms with van der Waals surface area (Å²) in [6, 6.07) is 12.0. The van der Waals surface area contributed by atoms with E-state index >= 15 is 0 Å². The lowest BCUT2D eigenvalue weighted by Gasteiger charge is -2.14. The number of anilines is 1. The Kier molecular flexibility index (Phi) is 4.90. The summed E-state index contributed by atoms with van der Waals surface area (Å²) in [6.45, 7) is 2.73. The molecule has 0 aromatic heterocycles. The average molecular weight is 336 g/mol. The van der Waals surface area contributed by atoms with Crippen molar-refractivity contribution in [3.05, 3.63) is 52.0 Å². The van der Waals surface area contributed by atoms with Gasteiger partial charge in [0.1, 0.15) is 11.5 Å². The minimum Gasteiger partial charge on any atom is -0.496 e. The molecular formula is C16H18BrNO2. The number of methoxy groups -OCH3 is 2. The van der Waals surface area contributed by atoms with E-state index in [9.17, 15) is 0 Å². The van der Waals surface area contributed by atoms with E-state index in [2.05, 4.69) is 34.2 Å². The van der Waals surface area contributed by atoms with Gasteiger partial charge in [0.2, 0.25) is 0 Å². The Morgan fingerprint density at radius 1 is 1.00 bits per heavy atom. The molecule has 2 aromatic carbocycles. The molecule has 106 valence electrons. The zero-order valence-corrected chi connectivity index (χ0v) is 13.5. The Morgan fingerprint density at radius 2 is 1.70 bits per heavy atom. The minimum absolute atomic E-state index is 0.669. The highest BCUT2D eigenvalue weighted by atomic mass is 79.9. The molecule has 0 bridgehead atoms. The van der Waals surface area contributed by atoms with E-state index in [4.69, 9.17) is 9.47 Å². The molecule has 0 saturated heterocycles. The van der Waals surface area contributed by atoms with Crippen LogP contribution in [0.15, 0.2) is 40.9 Å². The SMILES string of the molecule is COc1ccc(Br)cc1CNc1cc(C)ccc1OC. The van der Waals surface area contributed by atoms with Gasteiger partial charge >= 0.3 is 0 Å². The molecular weight excluding hydrogens is 318 g/mol. The number of ether oxygens (including phenoxy) is 2. The second-order valence-electron chi connectivity index (χ2n) is 4.51. The predicted molar refractivity (Wildman–Crippen MR) is 85.8 cm³/mol. The van der Waals surface area contributed by atoms with Crippen molar-refractivity contribution in [1.29, 1.82) is 0 Å². The monoisotopic (exact) mass is 335 g/mol. The van der Waals surface area contributed by atoms with Crippen LogP contribution < -0.4 is 14.8 Å². The lowest BCUT2D eigenvalue weighted by atomic mass is 10.1. The summed E-state index contributed by atoms with van der Waals surface area (Å²) in [7, 11) is 3.36. The first-order chi connectivity index (χ1) is 9.63. The zero-order chi connectivity index (χ0) is 14.5. The Bertz CT molecular complexity index is 546. The molecule has 0 heterocycles. The van der Waals surface area contributed by atoms with Crippen LogP contribution in [0.4, 0.5) is 5.69 Å². The molecule has 0 fully saturated rings. The second kappa shape index (κ2) is 6.66. The van der Waals surface area contributed by atoms with Crippen LogP contribution in [-0.4, -0.2) is 14.2 Å². The summed E-state index contributed by atoms with van der Waals surface area (Å²) in [4.78, 5) is 0. The summed E-state index contributed by atoms with van der Waals surface area (Å²) < 4.78 is 11.8. The highest BCUT2D eigenvalue weighted by molar-refractivity contribution is 9.10. The van der Waals surface area contributed by atoms with Crippen LogP contribution >= 0.6 is 15.9 Å². The molecule has 0 aliphatic rings. The van der Waals surface area contributed by atoms with Crippen molar-refractivity contribution in [1.82, 2.24) is 0 Å². The Balaban J connectivity index is 2.20. The average Bonchev–Trinajstić information content (AvgIpc) is 2.45. The van der Waals surface area contributed by atoms with Crippen molar-refractivity contribution >= 4 is 21.6 Å². The molecule has 0 aliphatic carbocycles. The fraction of sp³-hybridized carbons (Fsp3) is 0.250. The molecule has 20 heavy (non-hydrogen) atoms. The van der Waals surface area contributed by atoms with Crippen LogP contribution in [0, 0.1) is 6.92 Å². The van der Waals surface area contributed by atoms with Gasteiger partial charge in [0.05, 0.1) is 19.9 Å². The number of hydrogen-bond acceptors (Lipinski definition) is 3. The van der Waals surface area contributed by atoms with E-state index in [1.165, 1.54) is 5.56 Å². The maximum absolute atomic E-state index is 5.38. The van der Waals surface area contributed by atoms with Crippen LogP contribution in [0.5, 0.6) is 11.5 Å². The molecule has 0 radical (unpaired) electrons. The normalized spacial score (nSPS) is 10.2. The summed E-state index contributed by atoms with van der Waals surface area (Å²) in [5.74, 6) is 1.71. The highest BCUT2D eigenvalue weighted by Crippen LogP contribution is 2.28. The highest BCUT2D eigenvalue weighted by Gasteiger charge is 2.06. The van der Waals surface area contributed by atoms with Gasteiger partial charge in [0, 0.05) is 16.6 Å². The van der Waals surface area contributed by atoms with Crippen LogP contribution in [0.1, 0.15) is 11.1 Å². The number of halogens is 1. The van der Waals surface area contributed by atoms with Gasteiger partial charge in [-0.15, -0.1) is 0 Å². The number of nitrogens with one attached hydrogen (secondary N) is 1. The maximum Gasteiger partial charge on any atom is 0.141 e. The number of rotatable bonds is 5. The fourth-order valence-corrected chi connectivity index (χ4v) is 2.44. The van der Waals surface area contributed by atoms with Crippen molar-refractivity contribution in [2.24, 2.45) is 0 Å². The van der Waals surface area contributed by atoms with Gasteiger partial charge in [-0.2, -0.15) is 0 Å². The lowest BCUT2D eigenvalue weighted by molar-refractivity contribution is 0.409. The maximum atomic E-state index is 5.38. The van der Waals surface area contributed by atoms with E-state index < -0.39 is 0 Å². The Morgan fingerprint density at radius 3 is 2.40 bits per heavy atom. The van der Waals surface area contributed by atoms with Crippen LogP contribution in [0.3, 0.4) is 0 Å². The number of aryl methyl sites for hydroxylation is 1. The minimum atomic E-state index is 0.669. The first-order valence-electron chi connectivity index (χ1n) is 6.35. The van der Waals surface area contributed by atoms with Crippen LogP contribution in [0.25, 0.3) is 0 Å². The molecule has 1 N–H and O–H groups in total. The quantitative estimate of drug-likeness (QED) is 0.879. The van der Waals surface area contributed by atoms with Gasteiger partial charge in [0.15, 0.2) is 0 Å². The topological polar surface area (TPSA) is 30.5 Å². The molecule has 4 heteroatoms. The molecule has 2 aromatic rings. The summed E-state index contributed by atoms with van der Waals surface area (Å²) >= 11 is 3.48. The van der Waals surface area contributed by atoms with Gasteiger partial charge in [0.25, 0.3) is 0 Å². The van der Waals surface area contributed by atoms with Crippen molar-refractivity contribution in [3.63, 3.8) is 0 Å². The zero-order valence-electron chi connectivity index (χ0n) is 11.9. The molecule has 0 unspecified atom stereocenters. The fourth-order valence-electron chi connectivity index (χ4n) is 2.04. The molecule has 2 rings (SSSR count). The summed E-state index contributed by atoms with van der Waals surface area (Å²) in [6.07, 6.45) is 0. The summed E-state index contributed by atoms with van der Waals surface area (Å²) in [5, 5.41) is 3.40. The smallest absolute Gasteiger partial charge is 0.141 e. The second-order valence-corrected chi connectivity index (χ2v) is 5.43. The molecule has 0 atom stereocenters. The summed E-state index contributed by atoms with van der Waals surface area (Å²) in [5.41, 5.74) is 3.26. The lowest BCUT2D eigenvalue weighted by Crippen LogP contribution is -2.03. The standard InChI is InChI=1S/C16H18BrNO2/c1-11-4-6-16(20-3)14(8-11)18-10-12-9-13(17)5-7-15(12)19-2/h4-9,18H,10H2,1-3H3. The van der Waals surface area contributed by atoms with Gasteiger partial charge in [-0.25, -0.2) is 0 Å². The van der Waals surface area contributed by atoms with Gasteiger partial charge in [-0.05, 0) is 42.8 Å². The Labute approximate surface area is 128 Å². The van der Waals surface area contributed by atoms with E-state index in [0.29, 0.717) is 6.54 Å².